The van der Waals surface area contributed by atoms with Crippen molar-refractivity contribution in [3.63, 3.8) is 0 Å². The van der Waals surface area contributed by atoms with E-state index < -0.39 is 33.4 Å². The van der Waals surface area contributed by atoms with Gasteiger partial charge >= 0.3 is 6.03 Å². The second-order valence-corrected chi connectivity index (χ2v) is 8.32. The Morgan fingerprint density at radius 2 is 1.66 bits per heavy atom. The lowest BCUT2D eigenvalue weighted by Gasteiger charge is -2.33. The lowest BCUT2D eigenvalue weighted by atomic mass is 10.3. The van der Waals surface area contributed by atoms with Gasteiger partial charge < -0.3 is 15.5 Å². The molecule has 1 aliphatic rings. The van der Waals surface area contributed by atoms with Crippen LogP contribution in [0.4, 0.5) is 25.2 Å². The summed E-state index contributed by atoms with van der Waals surface area (Å²) in [6.45, 7) is 1.24. The number of hydrogen-bond donors (Lipinski definition) is 2. The highest BCUT2D eigenvalue weighted by molar-refractivity contribution is 7.89. The molecular formula is C17H20F2N6O3S. The van der Waals surface area contributed by atoms with E-state index in [9.17, 15) is 22.0 Å². The summed E-state index contributed by atoms with van der Waals surface area (Å²) in [5.74, 6) is -1.63. The molecule has 1 aliphatic heterocycles. The third-order valence-electron chi connectivity index (χ3n) is 4.31. The number of hydrogen-bond acceptors (Lipinski definition) is 6. The number of sulfonamides is 1. The fraction of sp³-hybridized carbons (Fsp3) is 0.353. The lowest BCUT2D eigenvalue weighted by molar-refractivity contribution is 0.252. The highest BCUT2D eigenvalue weighted by Crippen LogP contribution is 2.17. The number of carbonyl (C=O) groups excluding carboxylic acids is 1. The molecular weight excluding hydrogens is 406 g/mol. The minimum absolute atomic E-state index is 0.202. The molecule has 2 aromatic rings. The molecule has 29 heavy (non-hydrogen) atoms. The van der Waals surface area contributed by atoms with E-state index in [2.05, 4.69) is 15.3 Å². The van der Waals surface area contributed by atoms with Crippen LogP contribution in [0.5, 0.6) is 0 Å². The van der Waals surface area contributed by atoms with Gasteiger partial charge in [-0.3, -0.25) is 0 Å². The first-order valence-electron chi connectivity index (χ1n) is 8.85. The number of piperazine rings is 1. The molecule has 0 saturated carbocycles. The summed E-state index contributed by atoms with van der Waals surface area (Å²) in [6, 6.07) is 3.99. The van der Waals surface area contributed by atoms with Crippen LogP contribution in [0.2, 0.25) is 0 Å². The van der Waals surface area contributed by atoms with E-state index in [0.717, 1.165) is 12.1 Å². The zero-order valence-corrected chi connectivity index (χ0v) is 16.2. The van der Waals surface area contributed by atoms with Crippen molar-refractivity contribution in [2.24, 2.45) is 0 Å². The summed E-state index contributed by atoms with van der Waals surface area (Å²) < 4.78 is 53.3. The second kappa shape index (κ2) is 9.09. The maximum Gasteiger partial charge on any atom is 0.319 e. The van der Waals surface area contributed by atoms with Crippen LogP contribution in [0.3, 0.4) is 0 Å². The molecule has 1 saturated heterocycles. The summed E-state index contributed by atoms with van der Waals surface area (Å²) in [5, 5.41) is 4.34. The van der Waals surface area contributed by atoms with Crippen LogP contribution in [0.15, 0.2) is 36.7 Å². The summed E-state index contributed by atoms with van der Waals surface area (Å²) in [4.78, 5) is 22.0. The van der Waals surface area contributed by atoms with Gasteiger partial charge in [0, 0.05) is 45.1 Å². The van der Waals surface area contributed by atoms with Gasteiger partial charge in [0.2, 0.25) is 16.0 Å². The summed E-state index contributed by atoms with van der Waals surface area (Å²) in [6.07, 6.45) is 3.24. The number of halogens is 2. The monoisotopic (exact) mass is 426 g/mol. The molecule has 3 rings (SSSR count). The third kappa shape index (κ3) is 5.35. The van der Waals surface area contributed by atoms with Gasteiger partial charge in [-0.05, 0) is 18.2 Å². The van der Waals surface area contributed by atoms with E-state index in [4.69, 9.17) is 0 Å². The number of para-hydroxylation sites is 1. The van der Waals surface area contributed by atoms with Crippen LogP contribution in [-0.4, -0.2) is 67.2 Å². The minimum atomic E-state index is -3.60. The zero-order valence-electron chi connectivity index (χ0n) is 15.4. The standard InChI is InChI=1S/C17H20F2N6O3S/c18-13-3-1-4-14(19)15(13)23-17(26)22-7-12-29(27,28)25-10-8-24(9-11-25)16-20-5-2-6-21-16/h1-6H,7-12H2,(H2,22,23,26). The fourth-order valence-corrected chi connectivity index (χ4v) is 4.16. The first-order chi connectivity index (χ1) is 13.9. The number of nitrogens with one attached hydrogen (secondary N) is 2. The molecule has 0 atom stereocenters. The average Bonchev–Trinajstić information content (AvgIpc) is 2.71. The van der Waals surface area contributed by atoms with Crippen LogP contribution >= 0.6 is 0 Å². The molecule has 9 nitrogen and oxygen atoms in total. The van der Waals surface area contributed by atoms with Crippen LogP contribution in [-0.2, 0) is 10.0 Å². The van der Waals surface area contributed by atoms with E-state index in [1.807, 2.05) is 10.2 Å². The number of benzene rings is 1. The fourth-order valence-electron chi connectivity index (χ4n) is 2.82. The number of carbonyl (C=O) groups is 1. The average molecular weight is 426 g/mol. The molecule has 0 unspecified atom stereocenters. The van der Waals surface area contributed by atoms with Crippen molar-refractivity contribution < 1.29 is 22.0 Å². The maximum atomic E-state index is 13.5. The van der Waals surface area contributed by atoms with E-state index >= 15 is 0 Å². The molecule has 156 valence electrons. The molecule has 0 radical (unpaired) electrons. The number of amides is 2. The van der Waals surface area contributed by atoms with Crippen molar-refractivity contribution in [2.45, 2.75) is 0 Å². The Bertz CT molecular complexity index is 933. The molecule has 1 aromatic carbocycles. The Balaban J connectivity index is 1.46. The Morgan fingerprint density at radius 3 is 2.28 bits per heavy atom. The van der Waals surface area contributed by atoms with Crippen LogP contribution < -0.4 is 15.5 Å². The third-order valence-corrected chi connectivity index (χ3v) is 6.19. The number of rotatable bonds is 6. The molecule has 12 heteroatoms. The minimum Gasteiger partial charge on any atom is -0.338 e. The first-order valence-corrected chi connectivity index (χ1v) is 10.5. The number of urea groups is 1. The lowest BCUT2D eigenvalue weighted by Crippen LogP contribution is -2.50. The van der Waals surface area contributed by atoms with Crippen molar-refractivity contribution in [3.05, 3.63) is 48.3 Å². The largest absolute Gasteiger partial charge is 0.338 e. The molecule has 2 amide bonds. The van der Waals surface area contributed by atoms with Crippen molar-refractivity contribution in [1.82, 2.24) is 19.6 Å². The first kappa shape index (κ1) is 20.9. The Labute approximate surface area is 166 Å². The van der Waals surface area contributed by atoms with E-state index in [1.54, 1.807) is 18.5 Å². The summed E-state index contributed by atoms with van der Waals surface area (Å²) in [7, 11) is -3.60. The Kier molecular flexibility index (Phi) is 6.54. The molecule has 1 fully saturated rings. The maximum absolute atomic E-state index is 13.5. The van der Waals surface area contributed by atoms with Crippen LogP contribution in [0, 0.1) is 11.6 Å². The van der Waals surface area contributed by atoms with E-state index in [1.165, 1.54) is 10.4 Å². The van der Waals surface area contributed by atoms with Gasteiger partial charge in [-0.15, -0.1) is 0 Å². The van der Waals surface area contributed by atoms with Gasteiger partial charge in [-0.1, -0.05) is 6.07 Å². The quantitative estimate of drug-likeness (QED) is 0.715. The van der Waals surface area contributed by atoms with E-state index in [0.29, 0.717) is 19.0 Å². The number of anilines is 2. The molecule has 0 aliphatic carbocycles. The van der Waals surface area contributed by atoms with Gasteiger partial charge in [-0.25, -0.2) is 32.0 Å². The van der Waals surface area contributed by atoms with Gasteiger partial charge in [0.25, 0.3) is 0 Å². The van der Waals surface area contributed by atoms with Gasteiger partial charge in [0.05, 0.1) is 5.75 Å². The Hall–Kier alpha value is -2.86. The number of aromatic nitrogens is 2. The van der Waals surface area contributed by atoms with E-state index in [-0.39, 0.29) is 25.4 Å². The SMILES string of the molecule is O=C(NCCS(=O)(=O)N1CCN(c2ncccn2)CC1)Nc1c(F)cccc1F. The smallest absolute Gasteiger partial charge is 0.319 e. The topological polar surface area (TPSA) is 108 Å². The van der Waals surface area contributed by atoms with Crippen molar-refractivity contribution in [3.8, 4) is 0 Å². The van der Waals surface area contributed by atoms with Crippen molar-refractivity contribution in [2.75, 3.05) is 48.7 Å². The Morgan fingerprint density at radius 1 is 1.03 bits per heavy atom. The predicted octanol–water partition coefficient (Wildman–Crippen LogP) is 1.03. The molecule has 1 aromatic heterocycles. The number of nitrogens with zero attached hydrogens (tertiary/aromatic N) is 4. The molecule has 0 spiro atoms. The van der Waals surface area contributed by atoms with Crippen molar-refractivity contribution >= 4 is 27.7 Å². The molecule has 0 bridgehead atoms. The highest BCUT2D eigenvalue weighted by Gasteiger charge is 2.27. The van der Waals surface area contributed by atoms with Gasteiger partial charge in [0.15, 0.2) is 0 Å². The van der Waals surface area contributed by atoms with Gasteiger partial charge in [0.1, 0.15) is 17.3 Å². The van der Waals surface area contributed by atoms with Gasteiger partial charge in [-0.2, -0.15) is 4.31 Å². The predicted molar refractivity (Wildman–Crippen MR) is 103 cm³/mol. The van der Waals surface area contributed by atoms with Crippen LogP contribution in [0.1, 0.15) is 0 Å². The summed E-state index contributed by atoms with van der Waals surface area (Å²) in [5.41, 5.74) is -0.591. The zero-order chi connectivity index (χ0) is 20.9. The molecule has 2 N–H and O–H groups in total. The highest BCUT2D eigenvalue weighted by atomic mass is 32.2. The van der Waals surface area contributed by atoms with Crippen LogP contribution in [0.25, 0.3) is 0 Å². The summed E-state index contributed by atoms with van der Waals surface area (Å²) >= 11 is 0. The molecule has 2 heterocycles. The van der Waals surface area contributed by atoms with Crippen molar-refractivity contribution in [1.29, 1.82) is 0 Å². The second-order valence-electron chi connectivity index (χ2n) is 6.23. The normalized spacial score (nSPS) is 15.2.